The third kappa shape index (κ3) is 2.34. The predicted octanol–water partition coefficient (Wildman–Crippen LogP) is 0.294. The molecule has 0 aromatic heterocycles. The van der Waals surface area contributed by atoms with Gasteiger partial charge in [0.05, 0.1) is 0 Å². The largest absolute Gasteiger partial charge is 1.00 e. The Labute approximate surface area is 95.9 Å². The van der Waals surface area contributed by atoms with E-state index in [-0.39, 0.29) is 37.0 Å². The Morgan fingerprint density at radius 3 is 1.08 bits per heavy atom. The van der Waals surface area contributed by atoms with E-state index < -0.39 is 0 Å². The van der Waals surface area contributed by atoms with Crippen molar-refractivity contribution >= 4 is 10.8 Å². The second-order valence-electron chi connectivity index (χ2n) is 2.35. The Balaban J connectivity index is 0.000000605. The number of rotatable bonds is 0. The Kier molecular flexibility index (Phi) is 5.23. The van der Waals surface area contributed by atoms with Crippen LogP contribution < -0.4 is 29.6 Å². The van der Waals surface area contributed by atoms with Crippen LogP contribution in [-0.4, -0.2) is 0 Å². The maximum atomic E-state index is 2.12. The van der Waals surface area contributed by atoms with E-state index in [2.05, 4.69) is 48.5 Å². The van der Waals surface area contributed by atoms with Gasteiger partial charge in [0.2, 0.25) is 0 Å². The fourth-order valence-electron chi connectivity index (χ4n) is 1.13. The first-order valence-electron chi connectivity index (χ1n) is 3.40. The van der Waals surface area contributed by atoms with E-state index in [1.165, 1.54) is 10.8 Å². The number of benzene rings is 2. The summed E-state index contributed by atoms with van der Waals surface area (Å²) >= 11 is 0. The van der Waals surface area contributed by atoms with Gasteiger partial charge in [0.25, 0.3) is 0 Å². The summed E-state index contributed by atoms with van der Waals surface area (Å²) in [6.45, 7) is 0. The molecule has 0 radical (unpaired) electrons. The topological polar surface area (TPSA) is 0 Å². The maximum Gasteiger partial charge on any atom is 1.00 e. The molecule has 0 unspecified atom stereocenters. The summed E-state index contributed by atoms with van der Waals surface area (Å²) in [6.07, 6.45) is 0. The summed E-state index contributed by atoms with van der Waals surface area (Å²) < 4.78 is 0. The molecule has 0 aliphatic carbocycles. The van der Waals surface area contributed by atoms with Crippen molar-refractivity contribution < 1.29 is 29.6 Å². The summed E-state index contributed by atoms with van der Waals surface area (Å²) in [4.78, 5) is 0. The smallest absolute Gasteiger partial charge is 0.358 e. The van der Waals surface area contributed by atoms with E-state index in [1.807, 2.05) is 0 Å². The predicted molar refractivity (Wildman–Crippen MR) is 50.4 cm³/mol. The zero-order valence-electron chi connectivity index (χ0n) is 7.62. The van der Waals surface area contributed by atoms with Gasteiger partial charge in [0, 0.05) is 0 Å². The Hall–Kier alpha value is -0.300. The average molecular weight is 166 g/mol. The molecular formula is C11H11Na. The van der Waals surface area contributed by atoms with Gasteiger partial charge in [0.1, 0.15) is 0 Å². The summed E-state index contributed by atoms with van der Waals surface area (Å²) in [5, 5.41) is 2.62. The average Bonchev–Trinajstić information content (AvgIpc) is 2.05. The van der Waals surface area contributed by atoms with Gasteiger partial charge in [-0.3, -0.25) is 0 Å². The molecule has 0 amide bonds. The van der Waals surface area contributed by atoms with Gasteiger partial charge in [-0.2, -0.15) is 0 Å². The normalized spacial score (nSPS) is 8.33. The zero-order chi connectivity index (χ0) is 6.81. The van der Waals surface area contributed by atoms with Gasteiger partial charge in [0.15, 0.2) is 0 Å². The molecule has 0 saturated heterocycles. The fraction of sp³-hybridized carbons (Fsp3) is 0. The third-order valence-electron chi connectivity index (χ3n) is 1.66. The van der Waals surface area contributed by atoms with E-state index >= 15 is 0 Å². The van der Waals surface area contributed by atoms with E-state index in [1.54, 1.807) is 0 Å². The van der Waals surface area contributed by atoms with E-state index in [0.717, 1.165) is 0 Å². The molecule has 0 heterocycles. The van der Waals surface area contributed by atoms with Crippen molar-refractivity contribution in [3.05, 3.63) is 56.0 Å². The number of fused-ring (bicyclic) bond motifs is 1. The first-order valence-corrected chi connectivity index (χ1v) is 3.40. The first-order chi connectivity index (χ1) is 4.97. The van der Waals surface area contributed by atoms with Crippen LogP contribution >= 0.6 is 0 Å². The Bertz CT molecular complexity index is 276. The molecule has 0 bridgehead atoms. The summed E-state index contributed by atoms with van der Waals surface area (Å²) in [6, 6.07) is 16.7. The van der Waals surface area contributed by atoms with Crippen LogP contribution in [0, 0.1) is 7.43 Å². The molecule has 0 fully saturated rings. The van der Waals surface area contributed by atoms with Crippen molar-refractivity contribution in [1.82, 2.24) is 0 Å². The zero-order valence-corrected chi connectivity index (χ0v) is 9.62. The second-order valence-corrected chi connectivity index (χ2v) is 2.35. The van der Waals surface area contributed by atoms with E-state index in [4.69, 9.17) is 0 Å². The third-order valence-corrected chi connectivity index (χ3v) is 1.66. The summed E-state index contributed by atoms with van der Waals surface area (Å²) in [5.74, 6) is 0. The van der Waals surface area contributed by atoms with Crippen molar-refractivity contribution in [3.8, 4) is 0 Å². The number of hydrogen-bond acceptors (Lipinski definition) is 0. The standard InChI is InChI=1S/C10H8.CH3.Na/c1-2-6-10-8-4-3-7-9(10)5-1;;/h1-8H;1H3;/q;-1;+1. The molecule has 1 heteroatoms. The molecule has 12 heavy (non-hydrogen) atoms. The van der Waals surface area contributed by atoms with Crippen LogP contribution in [0.15, 0.2) is 48.5 Å². The van der Waals surface area contributed by atoms with Crippen molar-refractivity contribution in [3.63, 3.8) is 0 Å². The van der Waals surface area contributed by atoms with Crippen molar-refractivity contribution in [2.75, 3.05) is 0 Å². The van der Waals surface area contributed by atoms with E-state index in [9.17, 15) is 0 Å². The summed E-state index contributed by atoms with van der Waals surface area (Å²) in [7, 11) is 0. The molecule has 2 aromatic rings. The van der Waals surface area contributed by atoms with Crippen molar-refractivity contribution in [2.45, 2.75) is 0 Å². The quantitative estimate of drug-likeness (QED) is 0.390. The van der Waals surface area contributed by atoms with Crippen LogP contribution in [0.1, 0.15) is 0 Å². The Morgan fingerprint density at radius 1 is 0.583 bits per heavy atom. The van der Waals surface area contributed by atoms with Crippen molar-refractivity contribution in [2.24, 2.45) is 0 Å². The second kappa shape index (κ2) is 5.36. The SMILES string of the molecule is [CH3-].[Na+].c1ccc2ccccc2c1. The van der Waals surface area contributed by atoms with Gasteiger partial charge in [-0.25, -0.2) is 0 Å². The van der Waals surface area contributed by atoms with Crippen LogP contribution in [-0.2, 0) is 0 Å². The molecule has 0 N–H and O–H groups in total. The molecule has 0 aliphatic heterocycles. The van der Waals surface area contributed by atoms with Crippen LogP contribution in [0.5, 0.6) is 0 Å². The minimum absolute atomic E-state index is 0. The van der Waals surface area contributed by atoms with Crippen LogP contribution in [0.25, 0.3) is 10.8 Å². The van der Waals surface area contributed by atoms with E-state index in [0.29, 0.717) is 0 Å². The molecule has 2 aromatic carbocycles. The fourth-order valence-corrected chi connectivity index (χ4v) is 1.13. The molecule has 0 spiro atoms. The molecular weight excluding hydrogens is 155 g/mol. The molecule has 0 aliphatic rings. The molecule has 0 saturated carbocycles. The monoisotopic (exact) mass is 166 g/mol. The molecule has 56 valence electrons. The van der Waals surface area contributed by atoms with Crippen LogP contribution in [0.2, 0.25) is 0 Å². The maximum absolute atomic E-state index is 2.12. The van der Waals surface area contributed by atoms with Gasteiger partial charge in [-0.05, 0) is 10.8 Å². The van der Waals surface area contributed by atoms with Crippen molar-refractivity contribution in [1.29, 1.82) is 0 Å². The van der Waals surface area contributed by atoms with Gasteiger partial charge < -0.3 is 7.43 Å². The number of hydrogen-bond donors (Lipinski definition) is 0. The Morgan fingerprint density at radius 2 is 0.833 bits per heavy atom. The van der Waals surface area contributed by atoms with Gasteiger partial charge >= 0.3 is 29.6 Å². The molecule has 2 rings (SSSR count). The minimum Gasteiger partial charge on any atom is -0.358 e. The molecule has 0 nitrogen and oxygen atoms in total. The minimum atomic E-state index is 0. The van der Waals surface area contributed by atoms with Crippen LogP contribution in [0.3, 0.4) is 0 Å². The molecule has 0 atom stereocenters. The van der Waals surface area contributed by atoms with Crippen LogP contribution in [0.4, 0.5) is 0 Å². The summed E-state index contributed by atoms with van der Waals surface area (Å²) in [5.41, 5.74) is 0. The van der Waals surface area contributed by atoms with Gasteiger partial charge in [-0.15, -0.1) is 0 Å². The first kappa shape index (κ1) is 11.7. The van der Waals surface area contributed by atoms with Gasteiger partial charge in [-0.1, -0.05) is 48.5 Å².